The molecule has 112 valence electrons. The first-order valence-corrected chi connectivity index (χ1v) is 8.25. The second kappa shape index (κ2) is 7.57. The fourth-order valence-corrected chi connectivity index (χ4v) is 3.21. The largest absolute Gasteiger partial charge is 0.319 e. The lowest BCUT2D eigenvalue weighted by Gasteiger charge is -2.10. The van der Waals surface area contributed by atoms with Crippen LogP contribution in [0.15, 0.2) is 29.2 Å². The number of likely N-dealkylation sites (N-methyl/N-ethyl adjacent to an activating group) is 1. The Morgan fingerprint density at radius 1 is 1.10 bits per heavy atom. The van der Waals surface area contributed by atoms with E-state index in [-0.39, 0.29) is 0 Å². The number of benzene rings is 1. The summed E-state index contributed by atoms with van der Waals surface area (Å²) in [6.45, 7) is 7.24. The standard InChI is InChI=1S/C17H23N3S/c1-12-6-5-7-15(10-12)21-11-17-19-13(2)16(8-9-18-4)14(3)20-17/h5-7,10,18H,8-9,11H2,1-4H3. The number of hydrogen-bond donors (Lipinski definition) is 1. The van der Waals surface area contributed by atoms with Gasteiger partial charge >= 0.3 is 0 Å². The van der Waals surface area contributed by atoms with E-state index in [1.54, 1.807) is 11.8 Å². The summed E-state index contributed by atoms with van der Waals surface area (Å²) in [5.74, 6) is 1.74. The Labute approximate surface area is 131 Å². The highest BCUT2D eigenvalue weighted by Gasteiger charge is 2.08. The van der Waals surface area contributed by atoms with Crippen LogP contribution in [0.2, 0.25) is 0 Å². The molecule has 0 radical (unpaired) electrons. The third-order valence-corrected chi connectivity index (χ3v) is 4.44. The van der Waals surface area contributed by atoms with Crippen molar-refractivity contribution in [2.24, 2.45) is 0 Å². The zero-order chi connectivity index (χ0) is 15.2. The van der Waals surface area contributed by atoms with Crippen molar-refractivity contribution in [3.63, 3.8) is 0 Å². The number of nitrogens with zero attached hydrogens (tertiary/aromatic N) is 2. The number of aryl methyl sites for hydroxylation is 3. The van der Waals surface area contributed by atoms with Crippen LogP contribution in [-0.2, 0) is 12.2 Å². The van der Waals surface area contributed by atoms with E-state index in [4.69, 9.17) is 0 Å². The zero-order valence-electron chi connectivity index (χ0n) is 13.2. The van der Waals surface area contributed by atoms with Gasteiger partial charge < -0.3 is 5.32 Å². The van der Waals surface area contributed by atoms with Crippen molar-refractivity contribution in [3.05, 3.63) is 52.6 Å². The maximum absolute atomic E-state index is 4.66. The molecule has 0 bridgehead atoms. The van der Waals surface area contributed by atoms with Crippen LogP contribution in [-0.4, -0.2) is 23.6 Å². The predicted octanol–water partition coefficient (Wildman–Crippen LogP) is 3.46. The first-order valence-electron chi connectivity index (χ1n) is 7.27. The van der Waals surface area contributed by atoms with Gasteiger partial charge in [0.25, 0.3) is 0 Å². The molecular formula is C17H23N3S. The second-order valence-electron chi connectivity index (χ2n) is 5.25. The van der Waals surface area contributed by atoms with E-state index < -0.39 is 0 Å². The fourth-order valence-electron chi connectivity index (χ4n) is 2.34. The van der Waals surface area contributed by atoms with Gasteiger partial charge in [0, 0.05) is 16.3 Å². The Balaban J connectivity index is 2.07. The molecule has 0 aliphatic rings. The maximum atomic E-state index is 4.66. The molecule has 2 aromatic rings. The highest BCUT2D eigenvalue weighted by molar-refractivity contribution is 7.98. The lowest BCUT2D eigenvalue weighted by molar-refractivity contribution is 0.769. The lowest BCUT2D eigenvalue weighted by Crippen LogP contribution is -2.14. The van der Waals surface area contributed by atoms with Crippen LogP contribution in [0.1, 0.15) is 28.3 Å². The minimum absolute atomic E-state index is 0.817. The van der Waals surface area contributed by atoms with Crippen LogP contribution in [0.25, 0.3) is 0 Å². The summed E-state index contributed by atoms with van der Waals surface area (Å²) < 4.78 is 0. The molecule has 0 aliphatic carbocycles. The van der Waals surface area contributed by atoms with E-state index in [1.165, 1.54) is 16.0 Å². The van der Waals surface area contributed by atoms with Gasteiger partial charge in [0.15, 0.2) is 0 Å². The normalized spacial score (nSPS) is 10.9. The van der Waals surface area contributed by atoms with Crippen molar-refractivity contribution in [1.29, 1.82) is 0 Å². The molecule has 3 nitrogen and oxygen atoms in total. The van der Waals surface area contributed by atoms with E-state index >= 15 is 0 Å². The highest BCUT2D eigenvalue weighted by Crippen LogP contribution is 2.23. The molecule has 0 unspecified atom stereocenters. The van der Waals surface area contributed by atoms with Gasteiger partial charge in [0.1, 0.15) is 5.82 Å². The van der Waals surface area contributed by atoms with Crippen LogP contribution in [0.5, 0.6) is 0 Å². The van der Waals surface area contributed by atoms with Crippen molar-refractivity contribution < 1.29 is 0 Å². The van der Waals surface area contributed by atoms with Gasteiger partial charge in [-0.05, 0) is 58.5 Å². The Kier molecular flexibility index (Phi) is 5.76. The minimum atomic E-state index is 0.817. The van der Waals surface area contributed by atoms with Gasteiger partial charge in [-0.1, -0.05) is 17.7 Å². The van der Waals surface area contributed by atoms with Gasteiger partial charge in [0.2, 0.25) is 0 Å². The Hall–Kier alpha value is -1.39. The van der Waals surface area contributed by atoms with Crippen molar-refractivity contribution in [2.75, 3.05) is 13.6 Å². The number of nitrogens with one attached hydrogen (secondary N) is 1. The molecule has 0 aliphatic heterocycles. The van der Waals surface area contributed by atoms with E-state index in [1.807, 2.05) is 7.05 Å². The number of thioether (sulfide) groups is 1. The van der Waals surface area contributed by atoms with Gasteiger partial charge in [-0.2, -0.15) is 0 Å². The third kappa shape index (κ3) is 4.55. The zero-order valence-corrected chi connectivity index (χ0v) is 14.0. The molecule has 21 heavy (non-hydrogen) atoms. The summed E-state index contributed by atoms with van der Waals surface area (Å²) in [6, 6.07) is 8.55. The average molecular weight is 301 g/mol. The molecule has 1 aromatic heterocycles. The summed E-state index contributed by atoms with van der Waals surface area (Å²) in [5.41, 5.74) is 4.78. The molecular weight excluding hydrogens is 278 g/mol. The van der Waals surface area contributed by atoms with Gasteiger partial charge in [0.05, 0.1) is 5.75 Å². The minimum Gasteiger partial charge on any atom is -0.319 e. The van der Waals surface area contributed by atoms with Crippen LogP contribution >= 0.6 is 11.8 Å². The maximum Gasteiger partial charge on any atom is 0.139 e. The molecule has 0 amide bonds. The molecule has 1 heterocycles. The molecule has 0 saturated heterocycles. The van der Waals surface area contributed by atoms with Crippen LogP contribution in [0.4, 0.5) is 0 Å². The molecule has 0 atom stereocenters. The summed E-state index contributed by atoms with van der Waals surface area (Å²) in [5, 5.41) is 3.18. The van der Waals surface area contributed by atoms with E-state index in [0.717, 1.165) is 35.9 Å². The molecule has 1 N–H and O–H groups in total. The molecule has 1 aromatic carbocycles. The Bertz CT molecular complexity index is 588. The SMILES string of the molecule is CNCCc1c(C)nc(CSc2cccc(C)c2)nc1C. The summed E-state index contributed by atoms with van der Waals surface area (Å²) in [6.07, 6.45) is 0.986. The summed E-state index contributed by atoms with van der Waals surface area (Å²) in [4.78, 5) is 10.6. The van der Waals surface area contributed by atoms with Crippen molar-refractivity contribution in [1.82, 2.24) is 15.3 Å². The van der Waals surface area contributed by atoms with Gasteiger partial charge in [-0.3, -0.25) is 0 Å². The second-order valence-corrected chi connectivity index (χ2v) is 6.30. The summed E-state index contributed by atoms with van der Waals surface area (Å²) >= 11 is 1.79. The average Bonchev–Trinajstić information content (AvgIpc) is 2.44. The smallest absolute Gasteiger partial charge is 0.139 e. The number of hydrogen-bond acceptors (Lipinski definition) is 4. The lowest BCUT2D eigenvalue weighted by atomic mass is 10.1. The van der Waals surface area contributed by atoms with Crippen molar-refractivity contribution >= 4 is 11.8 Å². The Morgan fingerprint density at radius 2 is 1.81 bits per heavy atom. The molecule has 0 spiro atoms. The molecule has 0 saturated carbocycles. The van der Waals surface area contributed by atoms with E-state index in [2.05, 4.69) is 60.3 Å². The van der Waals surface area contributed by atoms with Crippen LogP contribution in [0.3, 0.4) is 0 Å². The molecule has 0 fully saturated rings. The van der Waals surface area contributed by atoms with Crippen molar-refractivity contribution in [3.8, 4) is 0 Å². The summed E-state index contributed by atoms with van der Waals surface area (Å²) in [7, 11) is 1.97. The van der Waals surface area contributed by atoms with Gasteiger partial charge in [-0.25, -0.2) is 9.97 Å². The number of aromatic nitrogens is 2. The topological polar surface area (TPSA) is 37.8 Å². The first kappa shape index (κ1) is 16.0. The van der Waals surface area contributed by atoms with E-state index in [9.17, 15) is 0 Å². The Morgan fingerprint density at radius 3 is 2.43 bits per heavy atom. The number of rotatable bonds is 6. The highest BCUT2D eigenvalue weighted by atomic mass is 32.2. The van der Waals surface area contributed by atoms with Crippen LogP contribution < -0.4 is 5.32 Å². The van der Waals surface area contributed by atoms with Crippen LogP contribution in [0, 0.1) is 20.8 Å². The third-order valence-electron chi connectivity index (χ3n) is 3.45. The van der Waals surface area contributed by atoms with Crippen molar-refractivity contribution in [2.45, 2.75) is 37.8 Å². The quantitative estimate of drug-likeness (QED) is 0.829. The van der Waals surface area contributed by atoms with E-state index in [0.29, 0.717) is 0 Å². The monoisotopic (exact) mass is 301 g/mol. The molecule has 2 rings (SSSR count). The van der Waals surface area contributed by atoms with Gasteiger partial charge in [-0.15, -0.1) is 11.8 Å². The molecule has 4 heteroatoms. The fraction of sp³-hybridized carbons (Fsp3) is 0.412. The predicted molar refractivity (Wildman–Crippen MR) is 89.9 cm³/mol. The first-order chi connectivity index (χ1) is 10.1.